The van der Waals surface area contributed by atoms with Gasteiger partial charge in [-0.05, 0) is 37.3 Å². The van der Waals surface area contributed by atoms with Gasteiger partial charge in [0.15, 0.2) is 0 Å². The van der Waals surface area contributed by atoms with E-state index in [9.17, 15) is 14.4 Å². The first kappa shape index (κ1) is 21.9. The first-order chi connectivity index (χ1) is 14.3. The van der Waals surface area contributed by atoms with E-state index < -0.39 is 0 Å². The van der Waals surface area contributed by atoms with E-state index in [-0.39, 0.29) is 41.9 Å². The highest BCUT2D eigenvalue weighted by atomic mass is 16.2. The van der Waals surface area contributed by atoms with Crippen molar-refractivity contribution in [2.24, 2.45) is 18.9 Å². The van der Waals surface area contributed by atoms with Crippen LogP contribution in [0.4, 0.5) is 5.69 Å². The van der Waals surface area contributed by atoms with Crippen LogP contribution in [0.3, 0.4) is 0 Å². The number of rotatable bonds is 6. The molecule has 1 aromatic carbocycles. The van der Waals surface area contributed by atoms with Crippen LogP contribution in [0.15, 0.2) is 35.1 Å². The second-order valence-electron chi connectivity index (χ2n) is 8.43. The Hall–Kier alpha value is -2.83. The molecule has 0 spiro atoms. The summed E-state index contributed by atoms with van der Waals surface area (Å²) in [5.74, 6) is 0.601. The number of nitrogens with one attached hydrogen (secondary N) is 2. The molecule has 0 radical (unpaired) electrons. The lowest BCUT2D eigenvalue weighted by atomic mass is 9.78. The predicted molar refractivity (Wildman–Crippen MR) is 118 cm³/mol. The minimum absolute atomic E-state index is 0.0433. The molecular formula is C23H32N4O3. The molecule has 1 aromatic heterocycles. The number of carbonyl (C=O) groups is 2. The number of nitrogens with zero attached hydrogens (tertiary/aromatic N) is 2. The largest absolute Gasteiger partial charge is 0.353 e. The van der Waals surface area contributed by atoms with Gasteiger partial charge in [0.05, 0.1) is 11.4 Å². The lowest BCUT2D eigenvalue weighted by Gasteiger charge is -2.34. The SMILES string of the molecule is Cc1c(NC(=O)CCC(=O)N[C@@H]2CCC[C@@H](C)[C@H]2C)c(=O)n(-c2ccccc2)n1C. The summed E-state index contributed by atoms with van der Waals surface area (Å²) >= 11 is 0. The van der Waals surface area contributed by atoms with Gasteiger partial charge in [-0.1, -0.05) is 44.9 Å². The lowest BCUT2D eigenvalue weighted by Crippen LogP contribution is -2.43. The Morgan fingerprint density at radius 3 is 2.43 bits per heavy atom. The summed E-state index contributed by atoms with van der Waals surface area (Å²) in [5.41, 5.74) is 1.35. The summed E-state index contributed by atoms with van der Waals surface area (Å²) in [6, 6.07) is 9.45. The van der Waals surface area contributed by atoms with Crippen LogP contribution >= 0.6 is 0 Å². The number of hydrogen-bond donors (Lipinski definition) is 2. The third-order valence-electron chi connectivity index (χ3n) is 6.45. The van der Waals surface area contributed by atoms with Crippen molar-refractivity contribution in [1.82, 2.24) is 14.7 Å². The van der Waals surface area contributed by atoms with Gasteiger partial charge in [-0.25, -0.2) is 4.68 Å². The molecule has 0 unspecified atom stereocenters. The van der Waals surface area contributed by atoms with Crippen molar-refractivity contribution in [3.63, 3.8) is 0 Å². The van der Waals surface area contributed by atoms with E-state index in [1.165, 1.54) is 11.1 Å². The van der Waals surface area contributed by atoms with Gasteiger partial charge >= 0.3 is 0 Å². The number of amides is 2. The summed E-state index contributed by atoms with van der Waals surface area (Å²) in [4.78, 5) is 37.6. The van der Waals surface area contributed by atoms with Crippen LogP contribution in [0, 0.1) is 18.8 Å². The molecule has 1 heterocycles. The van der Waals surface area contributed by atoms with E-state index in [1.54, 1.807) is 18.7 Å². The minimum atomic E-state index is -0.332. The molecule has 0 aliphatic heterocycles. The predicted octanol–water partition coefficient (Wildman–Crippen LogP) is 3.14. The molecule has 3 atom stereocenters. The van der Waals surface area contributed by atoms with Crippen LogP contribution in [0.2, 0.25) is 0 Å². The van der Waals surface area contributed by atoms with Crippen molar-refractivity contribution >= 4 is 17.5 Å². The second-order valence-corrected chi connectivity index (χ2v) is 8.43. The van der Waals surface area contributed by atoms with E-state index in [2.05, 4.69) is 24.5 Å². The second kappa shape index (κ2) is 9.32. The van der Waals surface area contributed by atoms with E-state index >= 15 is 0 Å². The Balaban J connectivity index is 1.60. The van der Waals surface area contributed by atoms with E-state index in [0.717, 1.165) is 18.5 Å². The summed E-state index contributed by atoms with van der Waals surface area (Å²) in [5, 5.41) is 5.80. The van der Waals surface area contributed by atoms with Crippen molar-refractivity contribution in [1.29, 1.82) is 0 Å². The average Bonchev–Trinajstić information content (AvgIpc) is 2.94. The topological polar surface area (TPSA) is 85.1 Å². The maximum absolute atomic E-state index is 12.9. The van der Waals surface area contributed by atoms with Crippen molar-refractivity contribution in [2.75, 3.05) is 5.32 Å². The van der Waals surface area contributed by atoms with Gasteiger partial charge in [-0.3, -0.25) is 19.1 Å². The van der Waals surface area contributed by atoms with E-state index in [0.29, 0.717) is 17.5 Å². The summed E-state index contributed by atoms with van der Waals surface area (Å²) in [6.45, 7) is 6.19. The van der Waals surface area contributed by atoms with Gasteiger partial charge in [-0.2, -0.15) is 0 Å². The normalized spacial score (nSPS) is 21.3. The smallest absolute Gasteiger partial charge is 0.295 e. The monoisotopic (exact) mass is 412 g/mol. The number of carbonyl (C=O) groups excluding carboxylic acids is 2. The van der Waals surface area contributed by atoms with Gasteiger partial charge in [0.2, 0.25) is 11.8 Å². The number of benzene rings is 1. The third kappa shape index (κ3) is 4.66. The zero-order chi connectivity index (χ0) is 21.8. The first-order valence-corrected chi connectivity index (χ1v) is 10.7. The van der Waals surface area contributed by atoms with Gasteiger partial charge in [0.25, 0.3) is 5.56 Å². The fraction of sp³-hybridized carbons (Fsp3) is 0.522. The van der Waals surface area contributed by atoms with E-state index in [1.807, 2.05) is 30.3 Å². The van der Waals surface area contributed by atoms with Gasteiger partial charge in [0, 0.05) is 25.9 Å². The van der Waals surface area contributed by atoms with Crippen molar-refractivity contribution < 1.29 is 9.59 Å². The van der Waals surface area contributed by atoms with E-state index in [4.69, 9.17) is 0 Å². The molecule has 7 nitrogen and oxygen atoms in total. The van der Waals surface area contributed by atoms with Gasteiger partial charge in [-0.15, -0.1) is 0 Å². The maximum atomic E-state index is 12.9. The van der Waals surface area contributed by atoms with Crippen molar-refractivity contribution in [3.8, 4) is 5.69 Å². The highest BCUT2D eigenvalue weighted by Gasteiger charge is 2.28. The van der Waals surface area contributed by atoms with Crippen molar-refractivity contribution in [2.45, 2.75) is 58.9 Å². The van der Waals surface area contributed by atoms with Crippen LogP contribution < -0.4 is 16.2 Å². The molecule has 1 fully saturated rings. The van der Waals surface area contributed by atoms with Crippen LogP contribution in [-0.2, 0) is 16.6 Å². The number of aromatic nitrogens is 2. The van der Waals surface area contributed by atoms with Gasteiger partial charge < -0.3 is 10.6 Å². The fourth-order valence-electron chi connectivity index (χ4n) is 4.21. The third-order valence-corrected chi connectivity index (χ3v) is 6.45. The highest BCUT2D eigenvalue weighted by Crippen LogP contribution is 2.29. The molecule has 1 aliphatic rings. The maximum Gasteiger partial charge on any atom is 0.295 e. The van der Waals surface area contributed by atoms with Crippen LogP contribution in [0.25, 0.3) is 5.69 Å². The molecule has 162 valence electrons. The summed E-state index contributed by atoms with van der Waals surface area (Å²) < 4.78 is 3.23. The highest BCUT2D eigenvalue weighted by molar-refractivity contribution is 5.93. The molecule has 2 N–H and O–H groups in total. The molecule has 2 aromatic rings. The first-order valence-electron chi connectivity index (χ1n) is 10.7. The molecule has 2 amide bonds. The quantitative estimate of drug-likeness (QED) is 0.764. The zero-order valence-electron chi connectivity index (χ0n) is 18.3. The molecule has 0 saturated heterocycles. The molecule has 30 heavy (non-hydrogen) atoms. The molecule has 1 saturated carbocycles. The molecule has 1 aliphatic carbocycles. The Labute approximate surface area is 177 Å². The Bertz CT molecular complexity index is 961. The van der Waals surface area contributed by atoms with Gasteiger partial charge in [0.1, 0.15) is 5.69 Å². The number of hydrogen-bond acceptors (Lipinski definition) is 3. The Morgan fingerprint density at radius 1 is 1.07 bits per heavy atom. The van der Waals surface area contributed by atoms with Crippen LogP contribution in [-0.4, -0.2) is 27.2 Å². The lowest BCUT2D eigenvalue weighted by molar-refractivity contribution is -0.125. The fourth-order valence-corrected chi connectivity index (χ4v) is 4.21. The van der Waals surface area contributed by atoms with Crippen molar-refractivity contribution in [3.05, 3.63) is 46.4 Å². The molecule has 0 bridgehead atoms. The molecule has 3 rings (SSSR count). The molecular weight excluding hydrogens is 380 g/mol. The zero-order valence-corrected chi connectivity index (χ0v) is 18.3. The minimum Gasteiger partial charge on any atom is -0.353 e. The number of anilines is 1. The standard InChI is InChI=1S/C23H32N4O3/c1-15-9-8-12-19(16(15)2)24-20(28)13-14-21(29)25-22-17(3)26(4)27(23(22)30)18-10-6-5-7-11-18/h5-7,10-11,15-16,19H,8-9,12-14H2,1-4H3,(H,24,28)(H,25,29)/t15-,16-,19-/m1/s1. The van der Waals surface area contributed by atoms with Crippen LogP contribution in [0.1, 0.15) is 51.6 Å². The Kier molecular flexibility index (Phi) is 6.80. The summed E-state index contributed by atoms with van der Waals surface area (Å²) in [7, 11) is 1.78. The number of para-hydroxylation sites is 1. The summed E-state index contributed by atoms with van der Waals surface area (Å²) in [6.07, 6.45) is 3.47. The molecule has 7 heteroatoms. The average molecular weight is 413 g/mol. The van der Waals surface area contributed by atoms with Crippen LogP contribution in [0.5, 0.6) is 0 Å². The Morgan fingerprint density at radius 2 is 1.73 bits per heavy atom.